The first-order valence-electron chi connectivity index (χ1n) is 12.1. The van der Waals surface area contributed by atoms with E-state index in [1.165, 1.54) is 31.4 Å². The molecule has 2 heterocycles. The molecule has 0 spiro atoms. The Bertz CT molecular complexity index is 963. The van der Waals surface area contributed by atoms with Crippen LogP contribution in [0.1, 0.15) is 19.3 Å². The molecule has 1 aliphatic carbocycles. The molecule has 2 aromatic carbocycles. The molecule has 2 aliphatic heterocycles. The molecule has 2 saturated heterocycles. The van der Waals surface area contributed by atoms with Crippen molar-refractivity contribution in [2.45, 2.75) is 25.3 Å². The van der Waals surface area contributed by atoms with Crippen molar-refractivity contribution in [3.05, 3.63) is 54.1 Å². The van der Waals surface area contributed by atoms with Crippen LogP contribution in [0.4, 0.5) is 14.5 Å². The second-order valence-electron chi connectivity index (χ2n) is 9.44. The molecule has 176 valence electrons. The number of rotatable bonds is 5. The minimum Gasteiger partial charge on any atom is -0.369 e. The molecule has 0 unspecified atom stereocenters. The van der Waals surface area contributed by atoms with Crippen molar-refractivity contribution in [2.75, 3.05) is 63.8 Å². The first-order chi connectivity index (χ1) is 16.1. The third-order valence-electron chi connectivity index (χ3n) is 7.46. The third kappa shape index (κ3) is 5.04. The van der Waals surface area contributed by atoms with E-state index in [0.717, 1.165) is 75.7 Å². The van der Waals surface area contributed by atoms with Gasteiger partial charge in [0.1, 0.15) is 11.6 Å². The molecule has 1 amide bonds. The number of hydrogen-bond donors (Lipinski definition) is 0. The van der Waals surface area contributed by atoms with Gasteiger partial charge in [0, 0.05) is 75.7 Å². The molecule has 0 N–H and O–H groups in total. The molecule has 0 radical (unpaired) electrons. The molecule has 3 fully saturated rings. The van der Waals surface area contributed by atoms with Crippen molar-refractivity contribution >= 4 is 11.6 Å². The maximum atomic E-state index is 14.1. The minimum atomic E-state index is -0.569. The summed E-state index contributed by atoms with van der Waals surface area (Å²) in [5, 5.41) is 0. The lowest BCUT2D eigenvalue weighted by Crippen LogP contribution is -2.56. The van der Waals surface area contributed by atoms with Gasteiger partial charge >= 0.3 is 0 Å². The largest absolute Gasteiger partial charge is 0.369 e. The zero-order valence-electron chi connectivity index (χ0n) is 19.1. The molecule has 1 saturated carbocycles. The Morgan fingerprint density at radius 1 is 0.848 bits per heavy atom. The summed E-state index contributed by atoms with van der Waals surface area (Å²) in [5.41, 5.74) is 2.22. The van der Waals surface area contributed by atoms with Gasteiger partial charge in [0.25, 0.3) is 0 Å². The Hall–Kier alpha value is -2.51. The fraction of sp³-hybridized carbons (Fsp3) is 0.500. The molecule has 0 bridgehead atoms. The summed E-state index contributed by atoms with van der Waals surface area (Å²) in [7, 11) is 0. The highest BCUT2D eigenvalue weighted by atomic mass is 19.1. The fourth-order valence-electron chi connectivity index (χ4n) is 5.12. The molecular weight excluding hydrogens is 422 g/mol. The first kappa shape index (κ1) is 22.3. The molecule has 7 heteroatoms. The van der Waals surface area contributed by atoms with Crippen molar-refractivity contribution in [1.82, 2.24) is 14.7 Å². The smallest absolute Gasteiger partial charge is 0.236 e. The van der Waals surface area contributed by atoms with E-state index in [4.69, 9.17) is 0 Å². The second kappa shape index (κ2) is 9.77. The summed E-state index contributed by atoms with van der Waals surface area (Å²) in [6.45, 7) is 7.65. The lowest BCUT2D eigenvalue weighted by molar-refractivity contribution is -0.134. The SMILES string of the molecule is O=C(CN1CCN(c2ccc(-c3ccc(F)cc3F)cc2)CC1)N1CCN(C2CCC2)CC1. The zero-order chi connectivity index (χ0) is 22.8. The Morgan fingerprint density at radius 3 is 2.15 bits per heavy atom. The second-order valence-corrected chi connectivity index (χ2v) is 9.44. The van der Waals surface area contributed by atoms with E-state index < -0.39 is 11.6 Å². The van der Waals surface area contributed by atoms with Gasteiger partial charge in [-0.2, -0.15) is 0 Å². The van der Waals surface area contributed by atoms with Crippen molar-refractivity contribution in [2.24, 2.45) is 0 Å². The Labute approximate surface area is 194 Å². The fourth-order valence-corrected chi connectivity index (χ4v) is 5.12. The van der Waals surface area contributed by atoms with E-state index >= 15 is 0 Å². The van der Waals surface area contributed by atoms with Crippen LogP contribution >= 0.6 is 0 Å². The van der Waals surface area contributed by atoms with Crippen LogP contribution in [0.2, 0.25) is 0 Å². The van der Waals surface area contributed by atoms with E-state index in [0.29, 0.717) is 12.1 Å². The average Bonchev–Trinajstić information content (AvgIpc) is 2.79. The van der Waals surface area contributed by atoms with Crippen LogP contribution in [0.3, 0.4) is 0 Å². The van der Waals surface area contributed by atoms with Crippen LogP contribution in [0.5, 0.6) is 0 Å². The Balaban J connectivity index is 1.09. The quantitative estimate of drug-likeness (QED) is 0.692. The lowest BCUT2D eigenvalue weighted by Gasteiger charge is -2.43. The van der Waals surface area contributed by atoms with E-state index in [1.54, 1.807) is 0 Å². The van der Waals surface area contributed by atoms with Gasteiger partial charge in [-0.05, 0) is 42.7 Å². The molecule has 5 nitrogen and oxygen atoms in total. The number of carbonyl (C=O) groups is 1. The van der Waals surface area contributed by atoms with Crippen LogP contribution in [0, 0.1) is 11.6 Å². The number of carbonyl (C=O) groups excluding carboxylic acids is 1. The molecule has 0 aromatic heterocycles. The molecule has 0 atom stereocenters. The van der Waals surface area contributed by atoms with Crippen molar-refractivity contribution in [3.8, 4) is 11.1 Å². The van der Waals surface area contributed by atoms with E-state index in [1.807, 2.05) is 29.2 Å². The molecule has 3 aliphatic rings. The van der Waals surface area contributed by atoms with Crippen molar-refractivity contribution in [3.63, 3.8) is 0 Å². The van der Waals surface area contributed by atoms with Crippen LogP contribution in [0.15, 0.2) is 42.5 Å². The van der Waals surface area contributed by atoms with E-state index in [9.17, 15) is 13.6 Å². The molecule has 2 aromatic rings. The van der Waals surface area contributed by atoms with Crippen molar-refractivity contribution in [1.29, 1.82) is 0 Å². The number of amides is 1. The monoisotopic (exact) mass is 454 g/mol. The summed E-state index contributed by atoms with van der Waals surface area (Å²) in [6.07, 6.45) is 4.00. The maximum absolute atomic E-state index is 14.1. The summed E-state index contributed by atoms with van der Waals surface area (Å²) < 4.78 is 27.2. The summed E-state index contributed by atoms with van der Waals surface area (Å²) in [4.78, 5) is 21.9. The Morgan fingerprint density at radius 2 is 1.55 bits per heavy atom. The minimum absolute atomic E-state index is 0.252. The van der Waals surface area contributed by atoms with Gasteiger partial charge in [-0.1, -0.05) is 18.6 Å². The Kier molecular flexibility index (Phi) is 6.60. The van der Waals surface area contributed by atoms with Gasteiger partial charge in [0.2, 0.25) is 5.91 Å². The van der Waals surface area contributed by atoms with Gasteiger partial charge in [0.05, 0.1) is 6.54 Å². The number of anilines is 1. The van der Waals surface area contributed by atoms with Gasteiger partial charge < -0.3 is 9.80 Å². The van der Waals surface area contributed by atoms with Gasteiger partial charge in [0.15, 0.2) is 0 Å². The highest BCUT2D eigenvalue weighted by Crippen LogP contribution is 2.27. The zero-order valence-corrected chi connectivity index (χ0v) is 19.1. The molecular formula is C26H32F2N4O. The van der Waals surface area contributed by atoms with Crippen LogP contribution in [0.25, 0.3) is 11.1 Å². The highest BCUT2D eigenvalue weighted by molar-refractivity contribution is 5.78. The van der Waals surface area contributed by atoms with Crippen LogP contribution < -0.4 is 4.90 Å². The topological polar surface area (TPSA) is 30.0 Å². The van der Waals surface area contributed by atoms with Crippen LogP contribution in [-0.2, 0) is 4.79 Å². The maximum Gasteiger partial charge on any atom is 0.236 e. The molecule has 5 rings (SSSR count). The standard InChI is InChI=1S/C26H32F2N4O/c27-21-6-9-24(25(28)18-21)20-4-7-23(8-5-20)30-12-10-29(11-13-30)19-26(33)32-16-14-31(15-17-32)22-2-1-3-22/h4-9,18,22H,1-3,10-17,19H2. The van der Waals surface area contributed by atoms with Gasteiger partial charge in [-0.3, -0.25) is 14.6 Å². The highest BCUT2D eigenvalue weighted by Gasteiger charge is 2.30. The number of benzene rings is 2. The number of hydrogen-bond acceptors (Lipinski definition) is 4. The first-order valence-corrected chi connectivity index (χ1v) is 12.1. The normalized spacial score (nSPS) is 20.7. The summed E-state index contributed by atoms with van der Waals surface area (Å²) in [6, 6.07) is 12.2. The van der Waals surface area contributed by atoms with E-state index in [-0.39, 0.29) is 5.91 Å². The summed E-state index contributed by atoms with van der Waals surface area (Å²) >= 11 is 0. The van der Waals surface area contributed by atoms with Crippen molar-refractivity contribution < 1.29 is 13.6 Å². The van der Waals surface area contributed by atoms with E-state index in [2.05, 4.69) is 14.7 Å². The summed E-state index contributed by atoms with van der Waals surface area (Å²) in [5.74, 6) is -0.868. The number of nitrogens with zero attached hydrogens (tertiary/aromatic N) is 4. The number of halogens is 2. The molecule has 33 heavy (non-hydrogen) atoms. The lowest BCUT2D eigenvalue weighted by atomic mass is 9.91. The van der Waals surface area contributed by atoms with Crippen LogP contribution in [-0.4, -0.2) is 85.6 Å². The third-order valence-corrected chi connectivity index (χ3v) is 7.46. The average molecular weight is 455 g/mol. The predicted octanol–water partition coefficient (Wildman–Crippen LogP) is 3.45. The van der Waals surface area contributed by atoms with Gasteiger partial charge in [-0.25, -0.2) is 8.78 Å². The predicted molar refractivity (Wildman–Crippen MR) is 126 cm³/mol. The van der Waals surface area contributed by atoms with Gasteiger partial charge in [-0.15, -0.1) is 0 Å². The number of piperazine rings is 2.